The van der Waals surface area contributed by atoms with E-state index in [-0.39, 0.29) is 0 Å². The van der Waals surface area contributed by atoms with Crippen molar-refractivity contribution in [3.8, 4) is 0 Å². The maximum Gasteiger partial charge on any atom is 0.133 e. The Hall–Kier alpha value is -1.90. The van der Waals surface area contributed by atoms with Crippen LogP contribution in [0.4, 0.5) is 5.82 Å². The Balaban J connectivity index is 1.55. The smallest absolute Gasteiger partial charge is 0.133 e. The van der Waals surface area contributed by atoms with Crippen molar-refractivity contribution in [1.82, 2.24) is 9.97 Å². The van der Waals surface area contributed by atoms with Gasteiger partial charge in [0.25, 0.3) is 0 Å². The molecule has 108 valence electrons. The van der Waals surface area contributed by atoms with Gasteiger partial charge in [-0.2, -0.15) is 0 Å². The lowest BCUT2D eigenvalue weighted by Gasteiger charge is -2.33. The highest BCUT2D eigenvalue weighted by Crippen LogP contribution is 2.38. The van der Waals surface area contributed by atoms with E-state index in [1.54, 1.807) is 0 Å². The van der Waals surface area contributed by atoms with Gasteiger partial charge in [0.05, 0.1) is 0 Å². The fourth-order valence-electron chi connectivity index (χ4n) is 3.29. The maximum atomic E-state index is 4.78. The van der Waals surface area contributed by atoms with Crippen molar-refractivity contribution < 1.29 is 0 Å². The number of benzene rings is 1. The van der Waals surface area contributed by atoms with Crippen LogP contribution in [0, 0.1) is 0 Å². The predicted molar refractivity (Wildman–Crippen MR) is 84.7 cm³/mol. The first-order valence-electron chi connectivity index (χ1n) is 7.94. The van der Waals surface area contributed by atoms with Gasteiger partial charge in [0, 0.05) is 25.2 Å². The molecule has 1 fully saturated rings. The van der Waals surface area contributed by atoms with Crippen LogP contribution in [0.2, 0.25) is 0 Å². The molecule has 1 aromatic heterocycles. The SMILES string of the molecule is CN(c1ccnc(C2CC2)n1)C1CCc2ccccc2C1. The summed E-state index contributed by atoms with van der Waals surface area (Å²) in [5.41, 5.74) is 3.01. The van der Waals surface area contributed by atoms with Crippen LogP contribution in [0.25, 0.3) is 0 Å². The molecule has 0 amide bonds. The van der Waals surface area contributed by atoms with Crippen LogP contribution in [0.5, 0.6) is 0 Å². The minimum Gasteiger partial charge on any atom is -0.356 e. The number of rotatable bonds is 3. The summed E-state index contributed by atoms with van der Waals surface area (Å²) in [6.45, 7) is 0. The molecule has 1 aromatic carbocycles. The normalized spacial score (nSPS) is 20.9. The molecule has 3 heteroatoms. The summed E-state index contributed by atoms with van der Waals surface area (Å²) in [7, 11) is 2.18. The second kappa shape index (κ2) is 5.14. The van der Waals surface area contributed by atoms with Gasteiger partial charge in [-0.15, -0.1) is 0 Å². The van der Waals surface area contributed by atoms with Gasteiger partial charge in [-0.25, -0.2) is 9.97 Å². The monoisotopic (exact) mass is 279 g/mol. The molecule has 4 rings (SSSR count). The van der Waals surface area contributed by atoms with Gasteiger partial charge in [-0.1, -0.05) is 24.3 Å². The third kappa shape index (κ3) is 2.53. The topological polar surface area (TPSA) is 29.0 Å². The molecule has 1 atom stereocenters. The molecule has 3 nitrogen and oxygen atoms in total. The van der Waals surface area contributed by atoms with Crippen molar-refractivity contribution in [3.05, 3.63) is 53.5 Å². The van der Waals surface area contributed by atoms with Crippen molar-refractivity contribution in [2.45, 2.75) is 44.1 Å². The van der Waals surface area contributed by atoms with E-state index in [1.165, 1.54) is 36.8 Å². The van der Waals surface area contributed by atoms with Crippen molar-refractivity contribution in [3.63, 3.8) is 0 Å². The summed E-state index contributed by atoms with van der Waals surface area (Å²) in [6.07, 6.45) is 7.93. The van der Waals surface area contributed by atoms with Gasteiger partial charge in [0.2, 0.25) is 0 Å². The zero-order valence-corrected chi connectivity index (χ0v) is 12.5. The fourth-order valence-corrected chi connectivity index (χ4v) is 3.29. The van der Waals surface area contributed by atoms with E-state index < -0.39 is 0 Å². The Morgan fingerprint density at radius 2 is 1.86 bits per heavy atom. The highest BCUT2D eigenvalue weighted by atomic mass is 15.2. The zero-order valence-electron chi connectivity index (χ0n) is 12.5. The molecule has 0 N–H and O–H groups in total. The molecule has 2 aliphatic carbocycles. The Morgan fingerprint density at radius 3 is 2.67 bits per heavy atom. The molecule has 0 saturated heterocycles. The molecule has 2 aromatic rings. The second-order valence-corrected chi connectivity index (χ2v) is 6.32. The number of likely N-dealkylation sites (N-methyl/N-ethyl adjacent to an activating group) is 1. The molecular weight excluding hydrogens is 258 g/mol. The maximum absolute atomic E-state index is 4.78. The number of aryl methyl sites for hydroxylation is 1. The molecule has 1 unspecified atom stereocenters. The first-order valence-corrected chi connectivity index (χ1v) is 7.94. The van der Waals surface area contributed by atoms with Crippen LogP contribution >= 0.6 is 0 Å². The number of fused-ring (bicyclic) bond motifs is 1. The van der Waals surface area contributed by atoms with Crippen LogP contribution in [0.3, 0.4) is 0 Å². The lowest BCUT2D eigenvalue weighted by molar-refractivity contribution is 0.543. The number of hydrogen-bond donors (Lipinski definition) is 0. The van der Waals surface area contributed by atoms with E-state index in [4.69, 9.17) is 4.98 Å². The quantitative estimate of drug-likeness (QED) is 0.863. The van der Waals surface area contributed by atoms with Gasteiger partial charge in [-0.3, -0.25) is 0 Å². The molecular formula is C18H21N3. The van der Waals surface area contributed by atoms with E-state index in [0.717, 1.165) is 18.1 Å². The average molecular weight is 279 g/mol. The van der Waals surface area contributed by atoms with Gasteiger partial charge < -0.3 is 4.90 Å². The van der Waals surface area contributed by atoms with Crippen LogP contribution in [0.15, 0.2) is 36.5 Å². The second-order valence-electron chi connectivity index (χ2n) is 6.32. The Labute approximate surface area is 126 Å². The van der Waals surface area contributed by atoms with Crippen LogP contribution in [-0.2, 0) is 12.8 Å². The zero-order chi connectivity index (χ0) is 14.2. The minimum absolute atomic E-state index is 0.543. The van der Waals surface area contributed by atoms with E-state index >= 15 is 0 Å². The molecule has 21 heavy (non-hydrogen) atoms. The number of anilines is 1. The Bertz CT molecular complexity index is 648. The van der Waals surface area contributed by atoms with E-state index in [2.05, 4.69) is 41.2 Å². The van der Waals surface area contributed by atoms with E-state index in [1.807, 2.05) is 12.3 Å². The van der Waals surface area contributed by atoms with Crippen molar-refractivity contribution in [2.75, 3.05) is 11.9 Å². The molecule has 0 aliphatic heterocycles. The number of aromatic nitrogens is 2. The standard InChI is InChI=1S/C18H21N3/c1-21(17-10-11-19-18(20-17)14-6-7-14)16-9-8-13-4-2-3-5-15(13)12-16/h2-5,10-11,14,16H,6-9,12H2,1H3. The Morgan fingerprint density at radius 1 is 1.05 bits per heavy atom. The highest BCUT2D eigenvalue weighted by molar-refractivity contribution is 5.41. The van der Waals surface area contributed by atoms with Crippen molar-refractivity contribution in [1.29, 1.82) is 0 Å². The van der Waals surface area contributed by atoms with E-state index in [0.29, 0.717) is 12.0 Å². The minimum atomic E-state index is 0.543. The van der Waals surface area contributed by atoms with Crippen molar-refractivity contribution in [2.24, 2.45) is 0 Å². The van der Waals surface area contributed by atoms with Crippen LogP contribution < -0.4 is 4.90 Å². The molecule has 2 aliphatic rings. The van der Waals surface area contributed by atoms with Crippen LogP contribution in [-0.4, -0.2) is 23.1 Å². The molecule has 0 radical (unpaired) electrons. The summed E-state index contributed by atoms with van der Waals surface area (Å²) >= 11 is 0. The first-order chi connectivity index (χ1) is 10.3. The first kappa shape index (κ1) is 12.8. The summed E-state index contributed by atoms with van der Waals surface area (Å²) in [4.78, 5) is 11.6. The summed E-state index contributed by atoms with van der Waals surface area (Å²) in [6, 6.07) is 11.4. The van der Waals surface area contributed by atoms with Gasteiger partial charge in [0.15, 0.2) is 0 Å². The lowest BCUT2D eigenvalue weighted by atomic mass is 9.88. The summed E-state index contributed by atoms with van der Waals surface area (Å²) in [5.74, 6) is 2.73. The third-order valence-corrected chi connectivity index (χ3v) is 4.83. The average Bonchev–Trinajstić information content (AvgIpc) is 3.39. The van der Waals surface area contributed by atoms with Crippen molar-refractivity contribution >= 4 is 5.82 Å². The van der Waals surface area contributed by atoms with Gasteiger partial charge in [-0.05, 0) is 49.3 Å². The Kier molecular flexibility index (Phi) is 3.13. The highest BCUT2D eigenvalue weighted by Gasteiger charge is 2.28. The van der Waals surface area contributed by atoms with Gasteiger partial charge >= 0.3 is 0 Å². The third-order valence-electron chi connectivity index (χ3n) is 4.83. The van der Waals surface area contributed by atoms with Gasteiger partial charge in [0.1, 0.15) is 11.6 Å². The molecule has 0 spiro atoms. The summed E-state index contributed by atoms with van der Waals surface area (Å²) < 4.78 is 0. The summed E-state index contributed by atoms with van der Waals surface area (Å²) in [5, 5.41) is 0. The molecule has 0 bridgehead atoms. The molecule has 1 heterocycles. The lowest BCUT2D eigenvalue weighted by Crippen LogP contribution is -2.37. The number of hydrogen-bond acceptors (Lipinski definition) is 3. The predicted octanol–water partition coefficient (Wildman–Crippen LogP) is 3.35. The largest absolute Gasteiger partial charge is 0.356 e. The number of nitrogens with zero attached hydrogens (tertiary/aromatic N) is 3. The van der Waals surface area contributed by atoms with Crippen LogP contribution in [0.1, 0.15) is 42.1 Å². The fraction of sp³-hybridized carbons (Fsp3) is 0.444. The van der Waals surface area contributed by atoms with E-state index in [9.17, 15) is 0 Å². The molecule has 1 saturated carbocycles.